The van der Waals surface area contributed by atoms with Crippen LogP contribution in [0.25, 0.3) is 22.2 Å². The number of pyridine rings is 1. The predicted octanol–water partition coefficient (Wildman–Crippen LogP) is 4.77. The third-order valence-electron chi connectivity index (χ3n) is 6.06. The van der Waals surface area contributed by atoms with E-state index in [0.717, 1.165) is 10.0 Å². The summed E-state index contributed by atoms with van der Waals surface area (Å²) in [5, 5.41) is 14.8. The largest absolute Gasteiger partial charge is 0.496 e. The number of hydrogen-bond acceptors (Lipinski definition) is 6. The van der Waals surface area contributed by atoms with E-state index in [-0.39, 0.29) is 5.56 Å². The molecule has 0 saturated heterocycles. The molecular formula is C28H25BrN2O5. The minimum absolute atomic E-state index is 0.184. The van der Waals surface area contributed by atoms with Crippen LogP contribution in [-0.4, -0.2) is 42.7 Å². The number of carbonyl (C=O) groups is 2. The Balaban J connectivity index is 1.80. The molecule has 3 aromatic carbocycles. The van der Waals surface area contributed by atoms with Crippen LogP contribution in [0, 0.1) is 6.92 Å². The number of methoxy groups -OCH3 is 2. The maximum Gasteiger partial charge on any atom is 0.344 e. The van der Waals surface area contributed by atoms with Gasteiger partial charge in [0.1, 0.15) is 5.75 Å². The highest BCUT2D eigenvalue weighted by molar-refractivity contribution is 9.10. The summed E-state index contributed by atoms with van der Waals surface area (Å²) in [7, 11) is 2.61. The van der Waals surface area contributed by atoms with Gasteiger partial charge in [0.05, 0.1) is 37.5 Å². The minimum Gasteiger partial charge on any atom is -0.496 e. The van der Waals surface area contributed by atoms with E-state index < -0.39 is 24.0 Å². The zero-order valence-electron chi connectivity index (χ0n) is 20.0. The molecule has 36 heavy (non-hydrogen) atoms. The Morgan fingerprint density at radius 2 is 1.69 bits per heavy atom. The number of aromatic nitrogens is 1. The summed E-state index contributed by atoms with van der Waals surface area (Å²) >= 11 is 3.55. The molecule has 0 bridgehead atoms. The van der Waals surface area contributed by atoms with Crippen LogP contribution in [0.5, 0.6) is 5.75 Å². The van der Waals surface area contributed by atoms with E-state index in [9.17, 15) is 14.7 Å². The quantitative estimate of drug-likeness (QED) is 0.323. The predicted molar refractivity (Wildman–Crippen MR) is 141 cm³/mol. The third-order valence-corrected chi connectivity index (χ3v) is 6.70. The lowest BCUT2D eigenvalue weighted by Crippen LogP contribution is -2.47. The Labute approximate surface area is 217 Å². The van der Waals surface area contributed by atoms with Crippen molar-refractivity contribution in [3.8, 4) is 17.0 Å². The fraction of sp³-hybridized carbons (Fsp3) is 0.179. The summed E-state index contributed by atoms with van der Waals surface area (Å²) in [6.07, 6.45) is 0. The van der Waals surface area contributed by atoms with Gasteiger partial charge >= 0.3 is 5.97 Å². The van der Waals surface area contributed by atoms with Crippen LogP contribution in [0.1, 0.15) is 21.5 Å². The molecule has 184 valence electrons. The summed E-state index contributed by atoms with van der Waals surface area (Å²) in [6, 6.07) is 21.6. The summed E-state index contributed by atoms with van der Waals surface area (Å²) in [5.74, 6) is -1.09. The van der Waals surface area contributed by atoms with Crippen molar-refractivity contribution < 1.29 is 24.2 Å². The van der Waals surface area contributed by atoms with Crippen molar-refractivity contribution in [1.29, 1.82) is 0 Å². The number of rotatable bonds is 7. The number of ether oxygens (including phenoxy) is 2. The van der Waals surface area contributed by atoms with Crippen LogP contribution in [0.4, 0.5) is 0 Å². The van der Waals surface area contributed by atoms with Crippen molar-refractivity contribution in [3.63, 3.8) is 0 Å². The van der Waals surface area contributed by atoms with E-state index in [1.54, 1.807) is 24.3 Å². The van der Waals surface area contributed by atoms with Gasteiger partial charge in [-0.1, -0.05) is 60.7 Å². The van der Waals surface area contributed by atoms with E-state index in [2.05, 4.69) is 21.2 Å². The fourth-order valence-corrected chi connectivity index (χ4v) is 4.70. The zero-order valence-corrected chi connectivity index (χ0v) is 21.6. The standard InChI is InChI=1S/C28H25BrN2O5/c1-17-23(19-12-9-14-21(29)25(19)31-24(17)18-10-5-4-6-11-18)26(32)30-16-28(34,27(33)36-3)20-13-7-8-15-22(20)35-2/h4-15,34H,16H2,1-3H3,(H,30,32). The molecule has 0 spiro atoms. The number of fused-ring (bicyclic) bond motifs is 1. The van der Waals surface area contributed by atoms with Gasteiger partial charge in [-0.05, 0) is 40.5 Å². The summed E-state index contributed by atoms with van der Waals surface area (Å²) in [5.41, 5.74) is 1.23. The Kier molecular flexibility index (Phi) is 7.37. The highest BCUT2D eigenvalue weighted by Crippen LogP contribution is 2.34. The average molecular weight is 549 g/mol. The number of nitrogens with zero attached hydrogens (tertiary/aromatic N) is 1. The van der Waals surface area contributed by atoms with Gasteiger partial charge < -0.3 is 19.9 Å². The Morgan fingerprint density at radius 3 is 2.39 bits per heavy atom. The second kappa shape index (κ2) is 10.5. The highest BCUT2D eigenvalue weighted by atomic mass is 79.9. The number of carbonyl (C=O) groups excluding carboxylic acids is 2. The number of benzene rings is 3. The number of nitrogens with one attached hydrogen (secondary N) is 1. The van der Waals surface area contributed by atoms with Crippen molar-refractivity contribution in [1.82, 2.24) is 10.3 Å². The molecular weight excluding hydrogens is 524 g/mol. The van der Waals surface area contributed by atoms with Crippen molar-refractivity contribution in [2.45, 2.75) is 12.5 Å². The molecule has 1 amide bonds. The van der Waals surface area contributed by atoms with E-state index in [4.69, 9.17) is 14.5 Å². The van der Waals surface area contributed by atoms with Crippen LogP contribution in [0.2, 0.25) is 0 Å². The average Bonchev–Trinajstić information content (AvgIpc) is 2.91. The van der Waals surface area contributed by atoms with Crippen LogP contribution < -0.4 is 10.1 Å². The van der Waals surface area contributed by atoms with Crippen LogP contribution in [-0.2, 0) is 15.1 Å². The first kappa shape index (κ1) is 25.3. The number of aliphatic hydroxyl groups is 1. The van der Waals surface area contributed by atoms with Crippen molar-refractivity contribution in [2.75, 3.05) is 20.8 Å². The molecule has 0 fully saturated rings. The van der Waals surface area contributed by atoms with E-state index in [0.29, 0.717) is 33.5 Å². The number of para-hydroxylation sites is 2. The maximum atomic E-state index is 13.7. The lowest BCUT2D eigenvalue weighted by Gasteiger charge is -2.27. The molecule has 0 aliphatic carbocycles. The fourth-order valence-electron chi connectivity index (χ4n) is 4.25. The highest BCUT2D eigenvalue weighted by Gasteiger charge is 2.42. The number of esters is 1. The second-order valence-corrected chi connectivity index (χ2v) is 9.05. The monoisotopic (exact) mass is 548 g/mol. The number of hydrogen-bond donors (Lipinski definition) is 2. The maximum absolute atomic E-state index is 13.7. The van der Waals surface area contributed by atoms with Gasteiger partial charge in [0.25, 0.3) is 5.91 Å². The molecule has 2 N–H and O–H groups in total. The normalized spacial score (nSPS) is 12.6. The van der Waals surface area contributed by atoms with Crippen LogP contribution >= 0.6 is 15.9 Å². The smallest absolute Gasteiger partial charge is 0.344 e. The van der Waals surface area contributed by atoms with Crippen LogP contribution in [0.3, 0.4) is 0 Å². The molecule has 7 nitrogen and oxygen atoms in total. The van der Waals surface area contributed by atoms with Gasteiger partial charge in [-0.15, -0.1) is 0 Å². The van der Waals surface area contributed by atoms with Gasteiger partial charge in [0.15, 0.2) is 0 Å². The van der Waals surface area contributed by atoms with E-state index >= 15 is 0 Å². The molecule has 4 aromatic rings. The number of halogens is 1. The first-order chi connectivity index (χ1) is 17.3. The van der Waals surface area contributed by atoms with Crippen molar-refractivity contribution >= 4 is 38.7 Å². The van der Waals surface area contributed by atoms with Gasteiger partial charge in [-0.25, -0.2) is 9.78 Å². The Hall–Kier alpha value is -3.75. The summed E-state index contributed by atoms with van der Waals surface area (Å²) in [4.78, 5) is 31.2. The molecule has 8 heteroatoms. The minimum atomic E-state index is -2.17. The van der Waals surface area contributed by atoms with Gasteiger partial charge in [-0.3, -0.25) is 4.79 Å². The molecule has 0 aliphatic heterocycles. The molecule has 1 heterocycles. The molecule has 0 radical (unpaired) electrons. The summed E-state index contributed by atoms with van der Waals surface area (Å²) in [6.45, 7) is 1.40. The van der Waals surface area contributed by atoms with Crippen LogP contribution in [0.15, 0.2) is 77.3 Å². The summed E-state index contributed by atoms with van der Waals surface area (Å²) < 4.78 is 11.0. The first-order valence-corrected chi connectivity index (χ1v) is 12.0. The zero-order chi connectivity index (χ0) is 25.9. The third kappa shape index (κ3) is 4.57. The van der Waals surface area contributed by atoms with Gasteiger partial charge in [-0.2, -0.15) is 0 Å². The van der Waals surface area contributed by atoms with Crippen molar-refractivity contribution in [2.24, 2.45) is 0 Å². The lowest BCUT2D eigenvalue weighted by atomic mass is 9.92. The van der Waals surface area contributed by atoms with E-state index in [1.807, 2.05) is 55.5 Å². The molecule has 1 aromatic heterocycles. The second-order valence-electron chi connectivity index (χ2n) is 8.20. The molecule has 1 atom stereocenters. The van der Waals surface area contributed by atoms with Gasteiger partial charge in [0.2, 0.25) is 5.60 Å². The van der Waals surface area contributed by atoms with E-state index in [1.165, 1.54) is 14.2 Å². The SMILES string of the molecule is COC(=O)C(O)(CNC(=O)c1c(C)c(-c2ccccc2)nc2c(Br)cccc12)c1ccccc1OC. The first-order valence-electron chi connectivity index (χ1n) is 11.2. The topological polar surface area (TPSA) is 97.8 Å². The lowest BCUT2D eigenvalue weighted by molar-refractivity contribution is -0.163. The molecule has 0 aliphatic rings. The van der Waals surface area contributed by atoms with Gasteiger partial charge in [0, 0.05) is 21.0 Å². The molecule has 1 unspecified atom stereocenters. The number of amides is 1. The Bertz CT molecular complexity index is 1440. The Morgan fingerprint density at radius 1 is 1.00 bits per heavy atom. The van der Waals surface area contributed by atoms with Crippen molar-refractivity contribution in [3.05, 3.63) is 94.0 Å². The molecule has 4 rings (SSSR count). The molecule has 0 saturated carbocycles.